The molecule has 5 rings (SSSR count). The summed E-state index contributed by atoms with van der Waals surface area (Å²) in [6.07, 6.45) is -1.03. The second kappa shape index (κ2) is 9.47. The van der Waals surface area contributed by atoms with E-state index < -0.39 is 36.4 Å². The van der Waals surface area contributed by atoms with Crippen LogP contribution in [0.15, 0.2) is 36.8 Å². The number of thiophene rings is 1. The zero-order valence-electron chi connectivity index (χ0n) is 19.2. The van der Waals surface area contributed by atoms with E-state index in [9.17, 15) is 18.0 Å². The third-order valence-corrected chi connectivity index (χ3v) is 7.78. The summed E-state index contributed by atoms with van der Waals surface area (Å²) in [4.78, 5) is 25.1. The number of anilines is 2. The summed E-state index contributed by atoms with van der Waals surface area (Å²) in [5.74, 6) is -2.14. The topological polar surface area (TPSA) is 137 Å². The fourth-order valence-corrected chi connectivity index (χ4v) is 6.20. The number of alkyl halides is 3. The van der Waals surface area contributed by atoms with E-state index in [1.165, 1.54) is 11.3 Å². The molecule has 3 aromatic heterocycles. The number of hydrogen-bond donors (Lipinski definition) is 3. The van der Waals surface area contributed by atoms with Crippen LogP contribution in [0.4, 0.5) is 24.5 Å². The zero-order valence-corrected chi connectivity index (χ0v) is 20.0. The molecule has 36 heavy (non-hydrogen) atoms. The number of piperidine rings is 1. The number of fused-ring (bicyclic) bond motifs is 1. The Balaban J connectivity index is 1.48. The fourth-order valence-electron chi connectivity index (χ4n) is 5.00. The van der Waals surface area contributed by atoms with Crippen molar-refractivity contribution in [3.63, 3.8) is 0 Å². The molecule has 4 atom stereocenters. The number of ether oxygens (including phenoxy) is 1. The first-order chi connectivity index (χ1) is 17.1. The number of carbonyl (C=O) groups is 1. The Bertz CT molecular complexity index is 1270. The number of aromatic nitrogens is 2. The van der Waals surface area contributed by atoms with E-state index in [1.807, 2.05) is 11.0 Å². The number of morpholine rings is 1. The van der Waals surface area contributed by atoms with Gasteiger partial charge >= 0.3 is 6.18 Å². The van der Waals surface area contributed by atoms with E-state index >= 15 is 0 Å². The summed E-state index contributed by atoms with van der Waals surface area (Å²) in [7, 11) is 0. The van der Waals surface area contributed by atoms with Crippen LogP contribution in [0.3, 0.4) is 0 Å². The minimum absolute atomic E-state index is 0.110. The largest absolute Gasteiger partial charge is 0.393 e. The van der Waals surface area contributed by atoms with Crippen molar-refractivity contribution in [1.29, 1.82) is 0 Å². The van der Waals surface area contributed by atoms with Gasteiger partial charge in [-0.15, -0.1) is 11.3 Å². The minimum Gasteiger partial charge on any atom is -0.368 e. The average molecular weight is 522 g/mol. The van der Waals surface area contributed by atoms with Crippen molar-refractivity contribution < 1.29 is 22.7 Å². The van der Waals surface area contributed by atoms with Crippen LogP contribution in [0.5, 0.6) is 0 Å². The predicted octanol–water partition coefficient (Wildman–Crippen LogP) is 2.37. The van der Waals surface area contributed by atoms with E-state index in [4.69, 9.17) is 21.9 Å². The Morgan fingerprint density at radius 2 is 1.86 bits per heavy atom. The molecule has 2 fully saturated rings. The average Bonchev–Trinajstić information content (AvgIpc) is 3.23. The third-order valence-electron chi connectivity index (χ3n) is 6.54. The standard InChI is InChI=1S/C23H26F3N7O2S/c24-23(25,26)12-6-13(27)9-32(8-12)14-3-5-30-7-15(14)33-10-16(35-18(28)11-33)21-19(22(29)34)20-17(36-21)2-1-4-31-20/h1-5,7,12-13,16,18H,6,8-11,27-28H2,(H2,29,34). The number of hydrogen-bond acceptors (Lipinski definition) is 9. The number of pyridine rings is 2. The van der Waals surface area contributed by atoms with Gasteiger partial charge in [-0.3, -0.25) is 14.8 Å². The van der Waals surface area contributed by atoms with Gasteiger partial charge in [-0.25, -0.2) is 0 Å². The van der Waals surface area contributed by atoms with Crippen LogP contribution >= 0.6 is 11.3 Å². The molecule has 0 aliphatic carbocycles. The molecule has 3 aromatic rings. The number of carbonyl (C=O) groups excluding carboxylic acids is 1. The summed E-state index contributed by atoms with van der Waals surface area (Å²) < 4.78 is 47.5. The van der Waals surface area contributed by atoms with Crippen molar-refractivity contribution in [2.45, 2.75) is 31.0 Å². The molecule has 6 N–H and O–H groups in total. The fraction of sp³-hybridized carbons (Fsp3) is 0.435. The van der Waals surface area contributed by atoms with Gasteiger partial charge < -0.3 is 31.7 Å². The van der Waals surface area contributed by atoms with Gasteiger partial charge in [-0.2, -0.15) is 13.2 Å². The Kier molecular flexibility index (Phi) is 6.49. The van der Waals surface area contributed by atoms with Crippen LogP contribution in [0.2, 0.25) is 0 Å². The highest BCUT2D eigenvalue weighted by atomic mass is 32.1. The first-order valence-electron chi connectivity index (χ1n) is 11.5. The number of halogens is 3. The molecule has 0 saturated carbocycles. The SMILES string of the molecule is NC(=O)c1c(C2CN(c3cnccc3N3CC(N)CC(C(F)(F)F)C3)CC(N)O2)sc2cccnc12. The molecule has 2 saturated heterocycles. The number of nitrogens with two attached hydrogens (primary N) is 3. The highest BCUT2D eigenvalue weighted by Gasteiger charge is 2.44. The van der Waals surface area contributed by atoms with Crippen LogP contribution in [-0.4, -0.2) is 60.5 Å². The summed E-state index contributed by atoms with van der Waals surface area (Å²) in [5, 5.41) is 0. The molecule has 192 valence electrons. The van der Waals surface area contributed by atoms with Gasteiger partial charge in [0.05, 0.1) is 50.7 Å². The van der Waals surface area contributed by atoms with Gasteiger partial charge in [0.15, 0.2) is 0 Å². The normalized spacial score (nSPS) is 25.4. The number of amides is 1. The van der Waals surface area contributed by atoms with Crippen molar-refractivity contribution in [2.75, 3.05) is 36.0 Å². The summed E-state index contributed by atoms with van der Waals surface area (Å²) in [6, 6.07) is 4.69. The lowest BCUT2D eigenvalue weighted by Crippen LogP contribution is -2.52. The lowest BCUT2D eigenvalue weighted by Gasteiger charge is -2.42. The molecule has 2 aliphatic heterocycles. The molecule has 0 spiro atoms. The van der Waals surface area contributed by atoms with Crippen LogP contribution in [0.25, 0.3) is 10.2 Å². The summed E-state index contributed by atoms with van der Waals surface area (Å²) >= 11 is 1.36. The predicted molar refractivity (Wildman–Crippen MR) is 131 cm³/mol. The van der Waals surface area contributed by atoms with Crippen LogP contribution in [0.1, 0.15) is 27.8 Å². The molecule has 4 unspecified atom stereocenters. The third kappa shape index (κ3) is 4.71. The maximum atomic E-state index is 13.6. The number of primary amides is 1. The van der Waals surface area contributed by atoms with Crippen molar-refractivity contribution in [1.82, 2.24) is 9.97 Å². The van der Waals surface area contributed by atoms with E-state index in [0.717, 1.165) is 4.70 Å². The lowest BCUT2D eigenvalue weighted by atomic mass is 9.93. The van der Waals surface area contributed by atoms with Crippen molar-refractivity contribution >= 4 is 38.8 Å². The molecule has 9 nitrogen and oxygen atoms in total. The first-order valence-corrected chi connectivity index (χ1v) is 12.3. The van der Waals surface area contributed by atoms with E-state index in [2.05, 4.69) is 9.97 Å². The minimum atomic E-state index is -4.34. The zero-order chi connectivity index (χ0) is 25.6. The first kappa shape index (κ1) is 24.7. The van der Waals surface area contributed by atoms with E-state index in [0.29, 0.717) is 28.3 Å². The maximum absolute atomic E-state index is 13.6. The van der Waals surface area contributed by atoms with Gasteiger partial charge in [0.1, 0.15) is 12.3 Å². The van der Waals surface area contributed by atoms with Gasteiger partial charge in [-0.05, 0) is 24.6 Å². The molecule has 13 heteroatoms. The Labute approximate surface area is 209 Å². The summed E-state index contributed by atoms with van der Waals surface area (Å²) in [6.45, 7) is 0.675. The molecule has 0 bridgehead atoms. The maximum Gasteiger partial charge on any atom is 0.393 e. The molecule has 2 aliphatic rings. The highest BCUT2D eigenvalue weighted by molar-refractivity contribution is 7.19. The van der Waals surface area contributed by atoms with Crippen molar-refractivity contribution in [3.8, 4) is 0 Å². The molecule has 0 radical (unpaired) electrons. The smallest absolute Gasteiger partial charge is 0.368 e. The second-order valence-corrected chi connectivity index (χ2v) is 10.2. The van der Waals surface area contributed by atoms with Crippen molar-refractivity contribution in [2.24, 2.45) is 23.1 Å². The van der Waals surface area contributed by atoms with Gasteiger partial charge in [-0.1, -0.05) is 0 Å². The Morgan fingerprint density at radius 3 is 2.61 bits per heavy atom. The van der Waals surface area contributed by atoms with Crippen molar-refractivity contribution in [3.05, 3.63) is 47.2 Å². The molecule has 1 amide bonds. The summed E-state index contributed by atoms with van der Waals surface area (Å²) in [5.41, 5.74) is 20.0. The Morgan fingerprint density at radius 1 is 1.08 bits per heavy atom. The van der Waals surface area contributed by atoms with Gasteiger partial charge in [0, 0.05) is 38.1 Å². The Hall–Kier alpha value is -3.00. The number of nitrogens with zero attached hydrogens (tertiary/aromatic N) is 4. The van der Waals surface area contributed by atoms with E-state index in [1.54, 1.807) is 35.6 Å². The van der Waals surface area contributed by atoms with Gasteiger partial charge in [0.25, 0.3) is 5.91 Å². The number of rotatable bonds is 4. The highest BCUT2D eigenvalue weighted by Crippen LogP contribution is 2.41. The molecule has 0 aromatic carbocycles. The molecular weight excluding hydrogens is 495 g/mol. The van der Waals surface area contributed by atoms with E-state index in [-0.39, 0.29) is 31.6 Å². The molecular formula is C23H26F3N7O2S. The quantitative estimate of drug-likeness (QED) is 0.476. The lowest BCUT2D eigenvalue weighted by molar-refractivity contribution is -0.177. The van der Waals surface area contributed by atoms with Gasteiger partial charge in [0.2, 0.25) is 0 Å². The van der Waals surface area contributed by atoms with Crippen LogP contribution < -0.4 is 27.0 Å². The second-order valence-electron chi connectivity index (χ2n) is 9.13. The molecule has 5 heterocycles. The monoisotopic (exact) mass is 521 g/mol. The van der Waals surface area contributed by atoms with Crippen LogP contribution in [-0.2, 0) is 4.74 Å². The van der Waals surface area contributed by atoms with Crippen LogP contribution in [0, 0.1) is 5.92 Å².